The van der Waals surface area contributed by atoms with Gasteiger partial charge in [-0.15, -0.1) is 0 Å². The van der Waals surface area contributed by atoms with E-state index in [4.69, 9.17) is 4.74 Å². The molecule has 0 spiro atoms. The van der Waals surface area contributed by atoms with Crippen LogP contribution in [0.25, 0.3) is 0 Å². The van der Waals surface area contributed by atoms with Crippen LogP contribution in [0.1, 0.15) is 20.3 Å². The van der Waals surface area contributed by atoms with E-state index in [0.717, 1.165) is 51.5 Å². The maximum atomic E-state index is 5.61. The lowest BCUT2D eigenvalue weighted by Gasteiger charge is -2.17. The van der Waals surface area contributed by atoms with Crippen LogP contribution in [0, 0.1) is 6.07 Å². The Morgan fingerprint density at radius 2 is 1.89 bits per heavy atom. The van der Waals surface area contributed by atoms with Crippen molar-refractivity contribution in [3.8, 4) is 5.75 Å². The van der Waals surface area contributed by atoms with Crippen molar-refractivity contribution in [3.63, 3.8) is 0 Å². The summed E-state index contributed by atoms with van der Waals surface area (Å²) in [7, 11) is 0. The molecule has 0 saturated carbocycles. The first-order valence-electron chi connectivity index (χ1n) is 6.88. The molecule has 1 radical (unpaired) electrons. The minimum atomic E-state index is 0.766. The Kier molecular flexibility index (Phi) is 8.26. The highest BCUT2D eigenvalue weighted by atomic mass is 16.5. The highest BCUT2D eigenvalue weighted by molar-refractivity contribution is 5.20. The second-order valence-corrected chi connectivity index (χ2v) is 4.21. The molecule has 0 unspecified atom stereocenters. The van der Waals surface area contributed by atoms with Crippen LogP contribution in [-0.2, 0) is 0 Å². The first-order chi connectivity index (χ1) is 8.86. The summed E-state index contributed by atoms with van der Waals surface area (Å²) >= 11 is 0. The van der Waals surface area contributed by atoms with Gasteiger partial charge in [0.25, 0.3) is 0 Å². The van der Waals surface area contributed by atoms with E-state index in [1.54, 1.807) is 0 Å². The van der Waals surface area contributed by atoms with Gasteiger partial charge in [-0.25, -0.2) is 0 Å². The lowest BCUT2D eigenvalue weighted by atomic mass is 10.3. The van der Waals surface area contributed by atoms with Crippen molar-refractivity contribution in [1.29, 1.82) is 0 Å². The molecule has 0 atom stereocenters. The van der Waals surface area contributed by atoms with Gasteiger partial charge in [-0.3, -0.25) is 0 Å². The summed E-state index contributed by atoms with van der Waals surface area (Å²) in [4.78, 5) is 2.42. The third-order valence-corrected chi connectivity index (χ3v) is 2.95. The molecule has 0 heterocycles. The number of rotatable bonds is 10. The van der Waals surface area contributed by atoms with Crippen LogP contribution >= 0.6 is 0 Å². The summed E-state index contributed by atoms with van der Waals surface area (Å²) in [6, 6.07) is 10.6. The van der Waals surface area contributed by atoms with Gasteiger partial charge >= 0.3 is 0 Å². The zero-order chi connectivity index (χ0) is 13.1. The number of likely N-dealkylation sites (N-methyl/N-ethyl adjacent to an activating group) is 1. The summed E-state index contributed by atoms with van der Waals surface area (Å²) in [5, 5.41) is 3.44. The van der Waals surface area contributed by atoms with Gasteiger partial charge in [0.1, 0.15) is 5.75 Å². The molecule has 0 fully saturated rings. The molecule has 3 heteroatoms. The highest BCUT2D eigenvalue weighted by Gasteiger charge is 1.97. The van der Waals surface area contributed by atoms with Crippen LogP contribution in [0.5, 0.6) is 5.75 Å². The van der Waals surface area contributed by atoms with E-state index in [1.807, 2.05) is 24.3 Å². The number of nitrogens with zero attached hydrogens (tertiary/aromatic N) is 1. The second-order valence-electron chi connectivity index (χ2n) is 4.21. The fourth-order valence-electron chi connectivity index (χ4n) is 1.76. The zero-order valence-electron chi connectivity index (χ0n) is 11.6. The van der Waals surface area contributed by atoms with Gasteiger partial charge < -0.3 is 15.0 Å². The SMILES string of the molecule is CCN(CC)CCNCCCOc1cc[c]cc1. The largest absolute Gasteiger partial charge is 0.494 e. The van der Waals surface area contributed by atoms with Crippen LogP contribution in [0.2, 0.25) is 0 Å². The summed E-state index contributed by atoms with van der Waals surface area (Å²) in [6.45, 7) is 10.6. The molecular weight excluding hydrogens is 224 g/mol. The number of benzene rings is 1. The van der Waals surface area contributed by atoms with Crippen molar-refractivity contribution in [2.24, 2.45) is 0 Å². The summed E-state index contributed by atoms with van der Waals surface area (Å²) in [6.07, 6.45) is 1.04. The standard InChI is InChI=1S/C15H25N2O/c1-3-17(4-2)13-12-16-11-8-14-18-15-9-6-5-7-10-15/h6-7,9-10,16H,3-4,8,11-14H2,1-2H3. The van der Waals surface area contributed by atoms with Crippen LogP contribution in [0.3, 0.4) is 0 Å². The van der Waals surface area contributed by atoms with Crippen molar-refractivity contribution in [2.75, 3.05) is 39.3 Å². The van der Waals surface area contributed by atoms with E-state index in [1.165, 1.54) is 0 Å². The van der Waals surface area contributed by atoms with Gasteiger partial charge in [-0.05, 0) is 44.3 Å². The summed E-state index contributed by atoms with van der Waals surface area (Å²) in [5.74, 6) is 0.928. The molecule has 0 aliphatic heterocycles. The average Bonchev–Trinajstić information content (AvgIpc) is 2.43. The Bertz CT molecular complexity index is 286. The first kappa shape index (κ1) is 15.0. The molecule has 1 N–H and O–H groups in total. The zero-order valence-corrected chi connectivity index (χ0v) is 11.6. The molecule has 0 aromatic heterocycles. The predicted octanol–water partition coefficient (Wildman–Crippen LogP) is 2.19. The third kappa shape index (κ3) is 6.62. The quantitative estimate of drug-likeness (QED) is 0.643. The monoisotopic (exact) mass is 249 g/mol. The van der Waals surface area contributed by atoms with Gasteiger partial charge in [0, 0.05) is 13.1 Å². The summed E-state index contributed by atoms with van der Waals surface area (Å²) < 4.78 is 5.61. The van der Waals surface area contributed by atoms with Crippen LogP contribution in [0.4, 0.5) is 0 Å². The Balaban J connectivity index is 1.93. The Morgan fingerprint density at radius 3 is 2.56 bits per heavy atom. The van der Waals surface area contributed by atoms with Crippen molar-refractivity contribution >= 4 is 0 Å². The average molecular weight is 249 g/mol. The molecular formula is C15H25N2O. The molecule has 3 nitrogen and oxygen atoms in total. The normalized spacial score (nSPS) is 10.8. The van der Waals surface area contributed by atoms with E-state index >= 15 is 0 Å². The minimum Gasteiger partial charge on any atom is -0.494 e. The Hall–Kier alpha value is -1.06. The fraction of sp³-hybridized carbons (Fsp3) is 0.600. The molecule has 101 valence electrons. The van der Waals surface area contributed by atoms with Crippen molar-refractivity contribution in [1.82, 2.24) is 10.2 Å². The minimum absolute atomic E-state index is 0.766. The van der Waals surface area contributed by atoms with E-state index in [9.17, 15) is 0 Å². The third-order valence-electron chi connectivity index (χ3n) is 2.95. The highest BCUT2D eigenvalue weighted by Crippen LogP contribution is 2.07. The van der Waals surface area contributed by atoms with Gasteiger partial charge in [0.15, 0.2) is 0 Å². The molecule has 18 heavy (non-hydrogen) atoms. The van der Waals surface area contributed by atoms with Crippen molar-refractivity contribution in [2.45, 2.75) is 20.3 Å². The maximum absolute atomic E-state index is 5.61. The first-order valence-corrected chi connectivity index (χ1v) is 6.88. The Labute approximate surface area is 111 Å². The molecule has 0 bridgehead atoms. The van der Waals surface area contributed by atoms with Gasteiger partial charge in [-0.2, -0.15) is 0 Å². The Morgan fingerprint density at radius 1 is 1.17 bits per heavy atom. The topological polar surface area (TPSA) is 24.5 Å². The smallest absolute Gasteiger partial charge is 0.119 e. The van der Waals surface area contributed by atoms with E-state index < -0.39 is 0 Å². The van der Waals surface area contributed by atoms with Gasteiger partial charge in [0.2, 0.25) is 0 Å². The van der Waals surface area contributed by atoms with Crippen LogP contribution in [-0.4, -0.2) is 44.2 Å². The van der Waals surface area contributed by atoms with E-state index in [-0.39, 0.29) is 0 Å². The number of nitrogens with one attached hydrogen (secondary N) is 1. The van der Waals surface area contributed by atoms with Gasteiger partial charge in [-0.1, -0.05) is 26.0 Å². The lowest BCUT2D eigenvalue weighted by molar-refractivity contribution is 0.291. The maximum Gasteiger partial charge on any atom is 0.119 e. The number of hydrogen-bond acceptors (Lipinski definition) is 3. The molecule has 1 rings (SSSR count). The molecule has 1 aromatic carbocycles. The fourth-order valence-corrected chi connectivity index (χ4v) is 1.76. The van der Waals surface area contributed by atoms with Gasteiger partial charge in [0.05, 0.1) is 6.61 Å². The van der Waals surface area contributed by atoms with Crippen LogP contribution in [0.15, 0.2) is 24.3 Å². The molecule has 0 saturated heterocycles. The van der Waals surface area contributed by atoms with Crippen LogP contribution < -0.4 is 10.1 Å². The molecule has 0 amide bonds. The molecule has 1 aromatic rings. The predicted molar refractivity (Wildman–Crippen MR) is 76.0 cm³/mol. The van der Waals surface area contributed by atoms with E-state index in [2.05, 4.69) is 30.1 Å². The molecule has 0 aliphatic carbocycles. The summed E-state index contributed by atoms with van der Waals surface area (Å²) in [5.41, 5.74) is 0. The second kappa shape index (κ2) is 9.92. The molecule has 0 aliphatic rings. The number of hydrogen-bond donors (Lipinski definition) is 1. The lowest BCUT2D eigenvalue weighted by Crippen LogP contribution is -2.32. The van der Waals surface area contributed by atoms with E-state index in [0.29, 0.717) is 0 Å². The van der Waals surface area contributed by atoms with Crippen molar-refractivity contribution in [3.05, 3.63) is 30.3 Å². The van der Waals surface area contributed by atoms with Crippen molar-refractivity contribution < 1.29 is 4.74 Å². The number of ether oxygens (including phenoxy) is 1.